The molecule has 58 heavy (non-hydrogen) atoms. The molecule has 4 fully saturated rings. The first-order chi connectivity index (χ1) is 26.5. The van der Waals surface area contributed by atoms with Crippen molar-refractivity contribution in [2.75, 3.05) is 14.1 Å². The number of hydrogen-bond acceptors (Lipinski definition) is 12. The van der Waals surface area contributed by atoms with E-state index >= 15 is 0 Å². The number of hydrogen-bond donors (Lipinski definition) is 0. The summed E-state index contributed by atoms with van der Waals surface area (Å²) in [5, 5.41) is 0. The Morgan fingerprint density at radius 2 is 0.793 bits per heavy atom. The van der Waals surface area contributed by atoms with Gasteiger partial charge in [-0.1, -0.05) is 0 Å². The van der Waals surface area contributed by atoms with Gasteiger partial charge in [-0.15, -0.1) is 0 Å². The molecule has 16 heteroatoms. The van der Waals surface area contributed by atoms with E-state index in [-0.39, 0.29) is 106 Å². The van der Waals surface area contributed by atoms with Crippen LogP contribution in [0, 0.1) is 0 Å². The Balaban J connectivity index is 0.00000372. The van der Waals surface area contributed by atoms with Crippen LogP contribution in [0.2, 0.25) is 0 Å². The number of halogens is 2. The molecule has 6 rings (SSSR count). The number of benzene rings is 2. The molecule has 4 atom stereocenters. The fraction of sp³-hybridized carbons (Fsp3) is 0.571. The van der Waals surface area contributed by atoms with Gasteiger partial charge in [0.2, 0.25) is 0 Å². The lowest BCUT2D eigenvalue weighted by atomic mass is 9.95. The van der Waals surface area contributed by atoms with Crippen molar-refractivity contribution in [3.8, 4) is 23.0 Å². The Bertz CT molecular complexity index is 1730. The Morgan fingerprint density at radius 3 is 1.09 bits per heavy atom. The van der Waals surface area contributed by atoms with Gasteiger partial charge in [0.05, 0.1) is 51.1 Å². The Morgan fingerprint density at radius 1 is 0.500 bits per heavy atom. The number of carbonyl (C=O) groups excluding carboxylic acids is 6. The van der Waals surface area contributed by atoms with E-state index in [4.69, 9.17) is 28.4 Å². The van der Waals surface area contributed by atoms with Crippen LogP contribution in [-0.2, 0) is 51.3 Å². The van der Waals surface area contributed by atoms with E-state index in [2.05, 4.69) is 14.1 Å². The fourth-order valence-electron chi connectivity index (χ4n) is 9.83. The van der Waals surface area contributed by atoms with Crippen molar-refractivity contribution in [2.24, 2.45) is 0 Å². The minimum absolute atomic E-state index is 0. The average molecular weight is 939 g/mol. The molecule has 0 saturated carbocycles. The number of fused-ring (bicyclic) bond motifs is 4. The average Bonchev–Trinajstić information content (AvgIpc) is 3.33. The maximum Gasteiger partial charge on any atom is 0.308 e. The summed E-state index contributed by atoms with van der Waals surface area (Å²) in [6, 6.07) is 11.6. The number of quaternary nitrogens is 2. The predicted octanol–water partition coefficient (Wildman–Crippen LogP) is -0.757. The van der Waals surface area contributed by atoms with Crippen molar-refractivity contribution in [3.63, 3.8) is 0 Å². The molecule has 4 aliphatic rings. The van der Waals surface area contributed by atoms with Gasteiger partial charge in [-0.05, 0) is 36.4 Å². The number of carbonyl (C=O) groups is 6. The third kappa shape index (κ3) is 11.0. The molecule has 0 N–H and O–H groups in total. The lowest BCUT2D eigenvalue weighted by molar-refractivity contribution is -0.961. The highest BCUT2D eigenvalue weighted by atomic mass is 79.9. The second-order valence-corrected chi connectivity index (χ2v) is 16.4. The Kier molecular flexibility index (Phi) is 15.7. The summed E-state index contributed by atoms with van der Waals surface area (Å²) in [7, 11) is 4.43. The van der Waals surface area contributed by atoms with E-state index in [1.54, 1.807) is 24.3 Å². The van der Waals surface area contributed by atoms with Gasteiger partial charge in [-0.2, -0.15) is 0 Å². The third-order valence-electron chi connectivity index (χ3n) is 12.3. The van der Waals surface area contributed by atoms with E-state index in [1.165, 1.54) is 27.7 Å². The van der Waals surface area contributed by atoms with E-state index in [0.29, 0.717) is 13.1 Å². The quantitative estimate of drug-likeness (QED) is 0.141. The monoisotopic (exact) mass is 936 g/mol. The van der Waals surface area contributed by atoms with Crippen molar-refractivity contribution in [1.82, 2.24) is 0 Å². The molecule has 4 aliphatic heterocycles. The SMILES string of the molecule is CC(=O)Oc1ccc(C[N+]2(C)C3CCC2CC(OC(=O)CCC(=O)OC2CC4CCC(C2)[N+]4(C)Cc2ccc(OC(C)=O)c(OC(C)=O)c2)C3)cc1OC(C)=O.[Br-].[Br-]. The molecule has 4 bridgehead atoms. The minimum atomic E-state index is -0.506. The van der Waals surface area contributed by atoms with Crippen LogP contribution in [0.4, 0.5) is 0 Å². The normalized spacial score (nSPS) is 27.8. The molecule has 2 aromatic rings. The highest BCUT2D eigenvalue weighted by molar-refractivity contribution is 5.78. The summed E-state index contributed by atoms with van der Waals surface area (Å²) in [5.74, 6) is -2.00. The largest absolute Gasteiger partial charge is 1.00 e. The molecule has 0 aliphatic carbocycles. The zero-order chi connectivity index (χ0) is 40.4. The molecule has 4 heterocycles. The maximum absolute atomic E-state index is 13.0. The predicted molar refractivity (Wildman–Crippen MR) is 199 cm³/mol. The van der Waals surface area contributed by atoms with Crippen LogP contribution in [0.5, 0.6) is 23.0 Å². The van der Waals surface area contributed by atoms with Crippen LogP contribution in [0.3, 0.4) is 0 Å². The Labute approximate surface area is 360 Å². The number of piperidine rings is 2. The van der Waals surface area contributed by atoms with Crippen molar-refractivity contribution in [3.05, 3.63) is 47.5 Å². The summed E-state index contributed by atoms with van der Waals surface area (Å²) in [5.41, 5.74) is 1.89. The van der Waals surface area contributed by atoms with Crippen molar-refractivity contribution in [2.45, 2.75) is 141 Å². The number of ether oxygens (including phenoxy) is 6. The molecule has 318 valence electrons. The molecule has 0 aromatic heterocycles. The van der Waals surface area contributed by atoms with Crippen LogP contribution in [0.25, 0.3) is 0 Å². The van der Waals surface area contributed by atoms with E-state index < -0.39 is 35.8 Å². The van der Waals surface area contributed by atoms with Crippen LogP contribution >= 0.6 is 0 Å². The summed E-state index contributed by atoms with van der Waals surface area (Å²) in [6.45, 7) is 6.54. The minimum Gasteiger partial charge on any atom is -1.00 e. The number of nitrogens with zero attached hydrogens (tertiary/aromatic N) is 2. The van der Waals surface area contributed by atoms with Gasteiger partial charge in [0, 0.05) is 90.2 Å². The summed E-state index contributed by atoms with van der Waals surface area (Å²) >= 11 is 0. The van der Waals surface area contributed by atoms with Crippen LogP contribution in [-0.4, -0.2) is 95.3 Å². The molecule has 0 radical (unpaired) electrons. The highest BCUT2D eigenvalue weighted by Crippen LogP contribution is 2.46. The molecular weight excluding hydrogens is 884 g/mol. The molecule has 2 aromatic carbocycles. The van der Waals surface area contributed by atoms with Crippen molar-refractivity contribution in [1.29, 1.82) is 0 Å². The molecule has 0 spiro atoms. The van der Waals surface area contributed by atoms with Crippen molar-refractivity contribution >= 4 is 35.8 Å². The first-order valence-corrected chi connectivity index (χ1v) is 19.6. The second-order valence-electron chi connectivity index (χ2n) is 16.4. The molecular formula is C42H54Br2N2O12. The lowest BCUT2D eigenvalue weighted by Crippen LogP contribution is -3.00. The zero-order valence-electron chi connectivity index (χ0n) is 34.0. The third-order valence-corrected chi connectivity index (χ3v) is 12.3. The van der Waals surface area contributed by atoms with Crippen LogP contribution in [0.15, 0.2) is 36.4 Å². The van der Waals surface area contributed by atoms with Gasteiger partial charge in [-0.25, -0.2) is 0 Å². The molecule has 0 amide bonds. The lowest BCUT2D eigenvalue weighted by Gasteiger charge is -2.47. The summed E-state index contributed by atoms with van der Waals surface area (Å²) < 4.78 is 34.6. The highest BCUT2D eigenvalue weighted by Gasteiger charge is 2.53. The number of rotatable bonds is 13. The maximum atomic E-state index is 13.0. The number of esters is 6. The first kappa shape index (κ1) is 46.8. The molecule has 14 nitrogen and oxygen atoms in total. The van der Waals surface area contributed by atoms with E-state index in [9.17, 15) is 28.8 Å². The van der Waals surface area contributed by atoms with Crippen molar-refractivity contribution < 1.29 is 100 Å². The topological polar surface area (TPSA) is 158 Å². The van der Waals surface area contributed by atoms with Crippen LogP contribution in [0.1, 0.15) is 103 Å². The van der Waals surface area contributed by atoms with Gasteiger partial charge in [0.25, 0.3) is 0 Å². The molecule has 4 unspecified atom stereocenters. The summed E-state index contributed by atoms with van der Waals surface area (Å²) in [4.78, 5) is 72.6. The van der Waals surface area contributed by atoms with E-state index in [1.807, 2.05) is 12.1 Å². The van der Waals surface area contributed by atoms with Gasteiger partial charge in [0.15, 0.2) is 23.0 Å². The van der Waals surface area contributed by atoms with Crippen LogP contribution < -0.4 is 52.9 Å². The van der Waals surface area contributed by atoms with E-state index in [0.717, 1.165) is 71.5 Å². The smallest absolute Gasteiger partial charge is 0.308 e. The van der Waals surface area contributed by atoms with Gasteiger partial charge in [-0.3, -0.25) is 28.8 Å². The second kappa shape index (κ2) is 19.5. The summed E-state index contributed by atoms with van der Waals surface area (Å²) in [6.07, 6.45) is 6.36. The standard InChI is InChI=1S/C42H54N2O12.2BrH/c1-25(45)51-37-13-7-29(17-39(37)53-27(3)47)23-43(5)31-9-10-32(43)20-35(19-31)55-41(49)15-16-42(50)56-36-21-33-11-12-34(22-36)44(33,6)24-30-8-14-38(52-26(2)46)40(18-30)54-28(4)48;;/h7-8,13-14,17-18,31-36H,9-12,15-16,19-24H2,1-6H3;2*1H/q+2;;/p-2. The molecule has 4 saturated heterocycles. The fourth-order valence-corrected chi connectivity index (χ4v) is 9.83. The van der Waals surface area contributed by atoms with Gasteiger partial charge in [0.1, 0.15) is 25.3 Å². The van der Waals surface area contributed by atoms with Gasteiger partial charge >= 0.3 is 35.8 Å². The van der Waals surface area contributed by atoms with Gasteiger partial charge < -0.3 is 71.4 Å². The Hall–Kier alpha value is -3.86. The zero-order valence-corrected chi connectivity index (χ0v) is 37.1. The first-order valence-electron chi connectivity index (χ1n) is 19.6.